The van der Waals surface area contributed by atoms with Crippen LogP contribution in [0.4, 0.5) is 0 Å². The number of carbonyl (C=O) groups excluding carboxylic acids is 1. The van der Waals surface area contributed by atoms with Gasteiger partial charge in [0.1, 0.15) is 5.69 Å². The molecule has 0 aliphatic carbocycles. The number of halogens is 1. The summed E-state index contributed by atoms with van der Waals surface area (Å²) in [5.41, 5.74) is 1.49. The Morgan fingerprint density at radius 3 is 2.94 bits per heavy atom. The van der Waals surface area contributed by atoms with E-state index in [1.165, 1.54) is 0 Å². The Bertz CT molecular complexity index is 376. The lowest BCUT2D eigenvalue weighted by molar-refractivity contribution is 0.0937. The summed E-state index contributed by atoms with van der Waals surface area (Å²) < 4.78 is 1.72. The molecule has 1 unspecified atom stereocenters. The van der Waals surface area contributed by atoms with Crippen LogP contribution in [0.2, 0.25) is 0 Å². The van der Waals surface area contributed by atoms with Gasteiger partial charge in [-0.1, -0.05) is 6.92 Å². The van der Waals surface area contributed by atoms with Gasteiger partial charge >= 0.3 is 0 Å². The normalized spacial score (nSPS) is 12.5. The van der Waals surface area contributed by atoms with Crippen LogP contribution in [0.5, 0.6) is 0 Å². The zero-order valence-electron chi connectivity index (χ0n) is 10.7. The molecule has 1 N–H and O–H groups in total. The molecule has 0 bridgehead atoms. The van der Waals surface area contributed by atoms with Gasteiger partial charge in [-0.2, -0.15) is 5.10 Å². The van der Waals surface area contributed by atoms with Gasteiger partial charge in [-0.15, -0.1) is 11.6 Å². The molecule has 5 heteroatoms. The van der Waals surface area contributed by atoms with Crippen LogP contribution in [0.1, 0.15) is 36.5 Å². The van der Waals surface area contributed by atoms with Crippen molar-refractivity contribution in [2.75, 3.05) is 12.4 Å². The summed E-state index contributed by atoms with van der Waals surface area (Å²) in [4.78, 5) is 11.9. The van der Waals surface area contributed by atoms with Crippen LogP contribution in [0.3, 0.4) is 0 Å². The first-order valence-corrected chi connectivity index (χ1v) is 6.50. The summed E-state index contributed by atoms with van der Waals surface area (Å²) in [6, 6.07) is 1.81. The molecule has 4 nitrogen and oxygen atoms in total. The predicted octanol–water partition coefficient (Wildman–Crippen LogP) is 2.21. The second-order valence-corrected chi connectivity index (χ2v) is 4.66. The molecule has 0 radical (unpaired) electrons. The smallest absolute Gasteiger partial charge is 0.269 e. The Labute approximate surface area is 107 Å². The van der Waals surface area contributed by atoms with Crippen molar-refractivity contribution in [3.63, 3.8) is 0 Å². The summed E-state index contributed by atoms with van der Waals surface area (Å²) in [5, 5.41) is 7.16. The average Bonchev–Trinajstić information content (AvgIpc) is 2.68. The molecule has 0 aliphatic heterocycles. The average molecular weight is 258 g/mol. The Morgan fingerprint density at radius 1 is 1.65 bits per heavy atom. The molecule has 0 aliphatic rings. The molecule has 1 rings (SSSR count). The lowest BCUT2D eigenvalue weighted by Gasteiger charge is -2.11. The molecule has 1 amide bonds. The lowest BCUT2D eigenvalue weighted by atomic mass is 10.1. The molecule has 0 aromatic carbocycles. The van der Waals surface area contributed by atoms with Gasteiger partial charge < -0.3 is 5.32 Å². The highest BCUT2D eigenvalue weighted by Gasteiger charge is 2.13. The van der Waals surface area contributed by atoms with E-state index in [0.717, 1.165) is 12.1 Å². The second-order valence-electron chi connectivity index (χ2n) is 4.28. The van der Waals surface area contributed by atoms with E-state index in [1.54, 1.807) is 4.68 Å². The van der Waals surface area contributed by atoms with Crippen LogP contribution in [0.25, 0.3) is 0 Å². The van der Waals surface area contributed by atoms with Crippen LogP contribution in [-0.2, 0) is 6.54 Å². The molecule has 1 aromatic heterocycles. The number of hydrogen-bond acceptors (Lipinski definition) is 2. The fraction of sp³-hybridized carbons (Fsp3) is 0.667. The quantitative estimate of drug-likeness (QED) is 0.795. The summed E-state index contributed by atoms with van der Waals surface area (Å²) in [5.74, 6) is 0.965. The molecule has 17 heavy (non-hydrogen) atoms. The zero-order chi connectivity index (χ0) is 12.8. The maximum atomic E-state index is 11.9. The Balaban J connectivity index is 2.57. The standard InChI is InChI=1S/C12H20ClN3O/c1-4-16-11(7-10(3)15-16)12(17)14-8-9(2)5-6-13/h7,9H,4-6,8H2,1-3H3,(H,14,17). The van der Waals surface area contributed by atoms with E-state index in [0.29, 0.717) is 30.6 Å². The number of amides is 1. The van der Waals surface area contributed by atoms with E-state index < -0.39 is 0 Å². The van der Waals surface area contributed by atoms with Crippen molar-refractivity contribution in [1.82, 2.24) is 15.1 Å². The van der Waals surface area contributed by atoms with E-state index in [-0.39, 0.29) is 5.91 Å². The van der Waals surface area contributed by atoms with Gasteiger partial charge in [0.25, 0.3) is 5.91 Å². The minimum absolute atomic E-state index is 0.0612. The summed E-state index contributed by atoms with van der Waals surface area (Å²) in [6.07, 6.45) is 0.911. The molecule has 1 atom stereocenters. The number of nitrogens with zero attached hydrogens (tertiary/aromatic N) is 2. The molecule has 96 valence electrons. The third-order valence-electron chi connectivity index (χ3n) is 2.65. The van der Waals surface area contributed by atoms with Crippen molar-refractivity contribution >= 4 is 17.5 Å². The van der Waals surface area contributed by atoms with Crippen LogP contribution in [0.15, 0.2) is 6.07 Å². The molecule has 1 aromatic rings. The van der Waals surface area contributed by atoms with Crippen molar-refractivity contribution in [2.45, 2.75) is 33.7 Å². The van der Waals surface area contributed by atoms with E-state index in [2.05, 4.69) is 17.3 Å². The fourth-order valence-electron chi connectivity index (χ4n) is 1.62. The van der Waals surface area contributed by atoms with Crippen LogP contribution in [-0.4, -0.2) is 28.1 Å². The third kappa shape index (κ3) is 4.04. The van der Waals surface area contributed by atoms with E-state index in [4.69, 9.17) is 11.6 Å². The van der Waals surface area contributed by atoms with Crippen LogP contribution in [0, 0.1) is 12.8 Å². The van der Waals surface area contributed by atoms with Crippen molar-refractivity contribution in [2.24, 2.45) is 5.92 Å². The highest BCUT2D eigenvalue weighted by molar-refractivity contribution is 6.17. The summed E-state index contributed by atoms with van der Waals surface area (Å²) in [7, 11) is 0. The number of hydrogen-bond donors (Lipinski definition) is 1. The number of carbonyl (C=O) groups is 1. The number of aryl methyl sites for hydroxylation is 2. The largest absolute Gasteiger partial charge is 0.350 e. The Morgan fingerprint density at radius 2 is 2.35 bits per heavy atom. The minimum atomic E-state index is -0.0612. The highest BCUT2D eigenvalue weighted by Crippen LogP contribution is 2.05. The number of alkyl halides is 1. The third-order valence-corrected chi connectivity index (χ3v) is 2.87. The van der Waals surface area contributed by atoms with E-state index in [9.17, 15) is 4.79 Å². The number of nitrogens with one attached hydrogen (secondary N) is 1. The number of rotatable bonds is 6. The second kappa shape index (κ2) is 6.64. The van der Waals surface area contributed by atoms with E-state index in [1.807, 2.05) is 19.9 Å². The maximum Gasteiger partial charge on any atom is 0.269 e. The van der Waals surface area contributed by atoms with Gasteiger partial charge in [-0.25, -0.2) is 0 Å². The van der Waals surface area contributed by atoms with Crippen LogP contribution < -0.4 is 5.32 Å². The monoisotopic (exact) mass is 257 g/mol. The molecular formula is C12H20ClN3O. The first kappa shape index (κ1) is 14.0. The number of aromatic nitrogens is 2. The first-order valence-electron chi connectivity index (χ1n) is 5.97. The van der Waals surface area contributed by atoms with Gasteiger partial charge in [0.05, 0.1) is 5.69 Å². The molecular weight excluding hydrogens is 238 g/mol. The van der Waals surface area contributed by atoms with E-state index >= 15 is 0 Å². The minimum Gasteiger partial charge on any atom is -0.350 e. The lowest BCUT2D eigenvalue weighted by Crippen LogP contribution is -2.30. The molecule has 1 heterocycles. The van der Waals surface area contributed by atoms with Gasteiger partial charge in [0, 0.05) is 19.0 Å². The zero-order valence-corrected chi connectivity index (χ0v) is 11.4. The van der Waals surface area contributed by atoms with Gasteiger partial charge in [0.15, 0.2) is 0 Å². The van der Waals surface area contributed by atoms with Gasteiger partial charge in [0.2, 0.25) is 0 Å². The van der Waals surface area contributed by atoms with Crippen LogP contribution >= 0.6 is 11.6 Å². The highest BCUT2D eigenvalue weighted by atomic mass is 35.5. The van der Waals surface area contributed by atoms with Crippen molar-refractivity contribution in [1.29, 1.82) is 0 Å². The molecule has 0 spiro atoms. The molecule has 0 saturated carbocycles. The van der Waals surface area contributed by atoms with Crippen molar-refractivity contribution in [3.05, 3.63) is 17.5 Å². The van der Waals surface area contributed by atoms with Crippen molar-refractivity contribution < 1.29 is 4.79 Å². The molecule has 0 saturated heterocycles. The fourth-order valence-corrected chi connectivity index (χ4v) is 1.99. The summed E-state index contributed by atoms with van der Waals surface area (Å²) >= 11 is 5.65. The Kier molecular flexibility index (Phi) is 5.48. The summed E-state index contributed by atoms with van der Waals surface area (Å²) in [6.45, 7) is 7.29. The first-order chi connectivity index (χ1) is 8.08. The maximum absolute atomic E-state index is 11.9. The SMILES string of the molecule is CCn1nc(C)cc1C(=O)NCC(C)CCCl. The van der Waals surface area contributed by atoms with Crippen molar-refractivity contribution in [3.8, 4) is 0 Å². The molecule has 0 fully saturated rings. The Hall–Kier alpha value is -1.03. The predicted molar refractivity (Wildman–Crippen MR) is 69.5 cm³/mol. The van der Waals surface area contributed by atoms with Gasteiger partial charge in [-0.05, 0) is 32.3 Å². The topological polar surface area (TPSA) is 46.9 Å². The van der Waals surface area contributed by atoms with Gasteiger partial charge in [-0.3, -0.25) is 9.48 Å².